The second-order valence-corrected chi connectivity index (χ2v) is 11.3. The van der Waals surface area contributed by atoms with Gasteiger partial charge in [0.15, 0.2) is 5.75 Å². The molecular weight excluding hydrogens is 509 g/mol. The Morgan fingerprint density at radius 3 is 2.60 bits per heavy atom. The molecule has 3 aromatic rings. The van der Waals surface area contributed by atoms with E-state index in [2.05, 4.69) is 28.7 Å². The van der Waals surface area contributed by atoms with E-state index in [-0.39, 0.29) is 17.3 Å². The van der Waals surface area contributed by atoms with Crippen molar-refractivity contribution < 1.29 is 19.0 Å². The zero-order chi connectivity index (χ0) is 27.9. The van der Waals surface area contributed by atoms with Gasteiger partial charge in [0.2, 0.25) is 0 Å². The Kier molecular flexibility index (Phi) is 7.27. The largest absolute Gasteiger partial charge is 0.507 e. The molecule has 1 spiro atoms. The van der Waals surface area contributed by atoms with Crippen LogP contribution in [-0.2, 0) is 0 Å². The molecule has 3 fully saturated rings. The monoisotopic (exact) mass is 547 g/mol. The highest BCUT2D eigenvalue weighted by Gasteiger charge is 2.40. The van der Waals surface area contributed by atoms with Crippen molar-refractivity contribution in [1.82, 2.24) is 20.2 Å². The van der Waals surface area contributed by atoms with Gasteiger partial charge in [0.25, 0.3) is 0 Å². The SMILES string of the molecule is C=Cc1cc2c(N3CCC4(CC3)CNC4)nc(OC[C@@H]3CCCN3C)nc2c(OCC)c1-c1c(O)cccc1F. The number of hydrogen-bond acceptors (Lipinski definition) is 8. The normalized spacial score (nSPS) is 20.6. The van der Waals surface area contributed by atoms with Crippen LogP contribution in [-0.4, -0.2) is 79.0 Å². The van der Waals surface area contributed by atoms with Gasteiger partial charge < -0.3 is 29.7 Å². The molecule has 0 unspecified atom stereocenters. The van der Waals surface area contributed by atoms with E-state index in [9.17, 15) is 5.11 Å². The van der Waals surface area contributed by atoms with E-state index in [1.54, 1.807) is 6.08 Å². The number of benzene rings is 2. The van der Waals surface area contributed by atoms with Crippen molar-refractivity contribution in [1.29, 1.82) is 0 Å². The van der Waals surface area contributed by atoms with Gasteiger partial charge in [-0.1, -0.05) is 18.7 Å². The summed E-state index contributed by atoms with van der Waals surface area (Å²) in [5.41, 5.74) is 2.04. The lowest BCUT2D eigenvalue weighted by Crippen LogP contribution is -2.58. The van der Waals surface area contributed by atoms with Crippen molar-refractivity contribution in [3.63, 3.8) is 0 Å². The van der Waals surface area contributed by atoms with Crippen LogP contribution in [0.5, 0.6) is 17.5 Å². The standard InChI is InChI=1S/C31H38FN5O3/c1-4-20-16-22-27(28(39-5-2)25(20)26-23(32)9-6-10-24(26)38)34-30(40-17-21-8-7-13-36(21)3)35-29(22)37-14-11-31(12-15-37)18-33-19-31/h4,6,9-10,16,21,33,38H,1,5,7-8,11-15,17-19H2,2-3H3/t21-/m0/s1. The maximum Gasteiger partial charge on any atom is 0.319 e. The van der Waals surface area contributed by atoms with Gasteiger partial charge in [-0.05, 0) is 75.4 Å². The number of phenolic OH excluding ortho intramolecular Hbond substituents is 1. The van der Waals surface area contributed by atoms with Gasteiger partial charge in [-0.15, -0.1) is 0 Å². The molecule has 212 valence electrons. The average Bonchev–Trinajstić information content (AvgIpc) is 3.35. The number of piperidine rings is 1. The molecule has 0 saturated carbocycles. The molecule has 0 amide bonds. The predicted molar refractivity (Wildman–Crippen MR) is 156 cm³/mol. The first-order valence-corrected chi connectivity index (χ1v) is 14.3. The third-order valence-corrected chi connectivity index (χ3v) is 8.89. The molecule has 3 saturated heterocycles. The van der Waals surface area contributed by atoms with Crippen molar-refractivity contribution >= 4 is 22.8 Å². The Bertz CT molecular complexity index is 1400. The Morgan fingerprint density at radius 2 is 1.98 bits per heavy atom. The number of likely N-dealkylation sites (N-methyl/N-ethyl adjacent to an activating group) is 1. The van der Waals surface area contributed by atoms with Crippen LogP contribution < -0.4 is 19.7 Å². The molecule has 6 rings (SSSR count). The highest BCUT2D eigenvalue weighted by atomic mass is 19.1. The first kappa shape index (κ1) is 26.8. The molecule has 1 aromatic heterocycles. The number of anilines is 1. The topological polar surface area (TPSA) is 83.0 Å². The van der Waals surface area contributed by atoms with Crippen LogP contribution in [0.25, 0.3) is 28.1 Å². The third-order valence-electron chi connectivity index (χ3n) is 8.89. The van der Waals surface area contributed by atoms with Crippen LogP contribution in [0.2, 0.25) is 0 Å². The molecule has 4 heterocycles. The van der Waals surface area contributed by atoms with E-state index in [4.69, 9.17) is 19.4 Å². The number of nitrogens with zero attached hydrogens (tertiary/aromatic N) is 4. The summed E-state index contributed by atoms with van der Waals surface area (Å²) in [7, 11) is 2.11. The summed E-state index contributed by atoms with van der Waals surface area (Å²) in [6.07, 6.45) is 6.05. The molecule has 2 N–H and O–H groups in total. The molecule has 9 heteroatoms. The minimum absolute atomic E-state index is 0.0651. The van der Waals surface area contributed by atoms with Crippen LogP contribution in [0.4, 0.5) is 10.2 Å². The fourth-order valence-electron chi connectivity index (χ4n) is 6.38. The summed E-state index contributed by atoms with van der Waals surface area (Å²) in [4.78, 5) is 14.4. The van der Waals surface area contributed by atoms with E-state index in [1.807, 2.05) is 13.0 Å². The van der Waals surface area contributed by atoms with Crippen LogP contribution in [0, 0.1) is 11.2 Å². The molecule has 0 radical (unpaired) electrons. The van der Waals surface area contributed by atoms with Gasteiger partial charge in [-0.2, -0.15) is 9.97 Å². The minimum Gasteiger partial charge on any atom is -0.507 e. The summed E-state index contributed by atoms with van der Waals surface area (Å²) >= 11 is 0. The third kappa shape index (κ3) is 4.75. The Morgan fingerprint density at radius 1 is 1.18 bits per heavy atom. The van der Waals surface area contributed by atoms with Crippen LogP contribution in [0.15, 0.2) is 30.8 Å². The molecule has 8 nitrogen and oxygen atoms in total. The summed E-state index contributed by atoms with van der Waals surface area (Å²) < 4.78 is 27.7. The number of hydrogen-bond donors (Lipinski definition) is 2. The fourth-order valence-corrected chi connectivity index (χ4v) is 6.38. The number of aromatic hydroxyl groups is 1. The zero-order valence-corrected chi connectivity index (χ0v) is 23.4. The van der Waals surface area contributed by atoms with Crippen molar-refractivity contribution in [2.45, 2.75) is 38.6 Å². The highest BCUT2D eigenvalue weighted by molar-refractivity contribution is 6.02. The summed E-state index contributed by atoms with van der Waals surface area (Å²) in [6, 6.07) is 6.82. The minimum atomic E-state index is -0.547. The zero-order valence-electron chi connectivity index (χ0n) is 23.4. The van der Waals surface area contributed by atoms with E-state index >= 15 is 4.39 Å². The molecule has 2 aromatic carbocycles. The number of phenols is 1. The summed E-state index contributed by atoms with van der Waals surface area (Å²) in [5, 5.41) is 15.0. The van der Waals surface area contributed by atoms with Gasteiger partial charge >= 0.3 is 6.01 Å². The van der Waals surface area contributed by atoms with Crippen molar-refractivity contribution in [2.24, 2.45) is 5.41 Å². The first-order valence-electron chi connectivity index (χ1n) is 14.3. The molecular formula is C31H38FN5O3. The number of nitrogens with one attached hydrogen (secondary N) is 1. The van der Waals surface area contributed by atoms with E-state index < -0.39 is 5.82 Å². The van der Waals surface area contributed by atoms with Crippen LogP contribution >= 0.6 is 0 Å². The van der Waals surface area contributed by atoms with Gasteiger partial charge in [-0.25, -0.2) is 4.39 Å². The number of rotatable bonds is 8. The number of fused-ring (bicyclic) bond motifs is 1. The summed E-state index contributed by atoms with van der Waals surface area (Å²) in [5.74, 6) is 0.455. The highest BCUT2D eigenvalue weighted by Crippen LogP contribution is 2.47. The lowest BCUT2D eigenvalue weighted by molar-refractivity contribution is 0.126. The van der Waals surface area contributed by atoms with Gasteiger partial charge in [0.05, 0.1) is 12.2 Å². The van der Waals surface area contributed by atoms with Crippen molar-refractivity contribution in [2.75, 3.05) is 57.9 Å². The number of ether oxygens (including phenoxy) is 2. The second-order valence-electron chi connectivity index (χ2n) is 11.3. The van der Waals surface area contributed by atoms with E-state index in [0.717, 1.165) is 69.6 Å². The van der Waals surface area contributed by atoms with E-state index in [1.165, 1.54) is 18.2 Å². The lowest BCUT2D eigenvalue weighted by atomic mass is 9.73. The Labute approximate surface area is 234 Å². The second kappa shape index (κ2) is 10.9. The van der Waals surface area contributed by atoms with Crippen molar-refractivity contribution in [3.8, 4) is 28.6 Å². The molecule has 3 aliphatic rings. The quantitative estimate of drug-likeness (QED) is 0.414. The van der Waals surface area contributed by atoms with Gasteiger partial charge in [0, 0.05) is 43.2 Å². The maximum absolute atomic E-state index is 15.2. The number of halogens is 1. The summed E-state index contributed by atoms with van der Waals surface area (Å²) in [6.45, 7) is 11.7. The molecule has 3 aliphatic heterocycles. The average molecular weight is 548 g/mol. The van der Waals surface area contributed by atoms with Crippen molar-refractivity contribution in [3.05, 3.63) is 42.2 Å². The van der Waals surface area contributed by atoms with Crippen LogP contribution in [0.1, 0.15) is 38.2 Å². The predicted octanol–water partition coefficient (Wildman–Crippen LogP) is 4.85. The van der Waals surface area contributed by atoms with Crippen LogP contribution in [0.3, 0.4) is 0 Å². The maximum atomic E-state index is 15.2. The smallest absolute Gasteiger partial charge is 0.319 e. The van der Waals surface area contributed by atoms with E-state index in [0.29, 0.717) is 47.1 Å². The molecule has 0 bridgehead atoms. The number of aromatic nitrogens is 2. The lowest BCUT2D eigenvalue weighted by Gasteiger charge is -2.48. The molecule has 1 atom stereocenters. The molecule has 40 heavy (non-hydrogen) atoms. The Balaban J connectivity index is 1.51. The first-order chi connectivity index (χ1) is 19.4. The Hall–Kier alpha value is -3.43. The number of likely N-dealkylation sites (tertiary alicyclic amines) is 1. The van der Waals surface area contributed by atoms with Gasteiger partial charge in [0.1, 0.15) is 29.5 Å². The fraction of sp³-hybridized carbons (Fsp3) is 0.484. The van der Waals surface area contributed by atoms with Gasteiger partial charge in [-0.3, -0.25) is 0 Å². The molecule has 0 aliphatic carbocycles.